The Kier molecular flexibility index (Phi) is 5.27. The Labute approximate surface area is 124 Å². The summed E-state index contributed by atoms with van der Waals surface area (Å²) in [7, 11) is 0. The van der Waals surface area contributed by atoms with Crippen molar-refractivity contribution in [3.63, 3.8) is 0 Å². The Bertz CT molecular complexity index is 409. The van der Waals surface area contributed by atoms with Gasteiger partial charge in [-0.15, -0.1) is 0 Å². The zero-order valence-electron chi connectivity index (χ0n) is 12.2. The Morgan fingerprint density at radius 2 is 1.22 bits per heavy atom. The minimum atomic E-state index is -1.55. The van der Waals surface area contributed by atoms with Crippen molar-refractivity contribution in [2.45, 2.75) is 52.6 Å². The van der Waals surface area contributed by atoms with Crippen molar-refractivity contribution in [3.05, 3.63) is 30.3 Å². The molecule has 1 rings (SSSR count). The van der Waals surface area contributed by atoms with E-state index in [0.717, 1.165) is 0 Å². The molecule has 2 N–H and O–H groups in total. The number of rotatable bonds is 3. The van der Waals surface area contributed by atoms with Gasteiger partial charge in [0.15, 0.2) is 0 Å². The number of hydrogen-bond acceptors (Lipinski definition) is 2. The van der Waals surface area contributed by atoms with Crippen LogP contribution in [0, 0.1) is 0 Å². The van der Waals surface area contributed by atoms with Gasteiger partial charge in [0, 0.05) is 0 Å². The Morgan fingerprint density at radius 3 is 1.56 bits per heavy atom. The molecule has 102 valence electrons. The summed E-state index contributed by atoms with van der Waals surface area (Å²) in [6.45, 7) is 13.3. The number of nitrogens with one attached hydrogen (secondary N) is 2. The van der Waals surface area contributed by atoms with Crippen LogP contribution in [0.25, 0.3) is 0 Å². The molecule has 0 fully saturated rings. The Hall–Kier alpha value is 0.360. The fourth-order valence-corrected chi connectivity index (χ4v) is 10.3. The molecule has 0 heterocycles. The summed E-state index contributed by atoms with van der Waals surface area (Å²) in [5.41, 5.74) is 0.193. The zero-order chi connectivity index (χ0) is 14.0. The molecule has 0 amide bonds. The molecule has 0 aliphatic carbocycles. The molecule has 0 aliphatic rings. The van der Waals surface area contributed by atoms with E-state index in [9.17, 15) is 0 Å². The van der Waals surface area contributed by atoms with Crippen LogP contribution >= 0.6 is 4.79 Å². The molecule has 1 aromatic carbocycles. The van der Waals surface area contributed by atoms with Crippen LogP contribution in [-0.2, 0) is 0 Å². The van der Waals surface area contributed by atoms with E-state index < -0.39 is 4.79 Å². The van der Waals surface area contributed by atoms with Crippen LogP contribution in [-0.4, -0.2) is 32.3 Å². The van der Waals surface area contributed by atoms with E-state index in [4.69, 9.17) is 0 Å². The molecule has 0 radical (unpaired) electrons. The number of hydrogen-bond donors (Lipinski definition) is 2. The van der Waals surface area contributed by atoms with E-state index in [2.05, 4.69) is 103 Å². The van der Waals surface area contributed by atoms with Gasteiger partial charge in [-0.1, -0.05) is 0 Å². The van der Waals surface area contributed by atoms with Gasteiger partial charge in [-0.3, -0.25) is 0 Å². The van der Waals surface area contributed by atoms with Crippen LogP contribution < -0.4 is 15.5 Å². The molecule has 0 spiro atoms. The molecule has 4 heteroatoms. The third kappa shape index (κ3) is 5.55. The second-order valence-electron chi connectivity index (χ2n) is 6.67. The molecule has 0 saturated carbocycles. The van der Waals surface area contributed by atoms with Gasteiger partial charge in [-0.2, -0.15) is 0 Å². The van der Waals surface area contributed by atoms with Crippen LogP contribution in [0.15, 0.2) is 30.3 Å². The number of benzene rings is 1. The molecule has 1 aromatic rings. The van der Waals surface area contributed by atoms with Crippen LogP contribution in [0.5, 0.6) is 0 Å². The normalized spacial score (nSPS) is 13.7. The van der Waals surface area contributed by atoms with E-state index in [0.29, 0.717) is 0 Å². The monoisotopic (exact) mass is 382 g/mol. The molecule has 2 nitrogen and oxygen atoms in total. The van der Waals surface area contributed by atoms with Crippen molar-refractivity contribution < 1.29 is 0 Å². The fourth-order valence-electron chi connectivity index (χ4n) is 1.74. The first-order valence-corrected chi connectivity index (χ1v) is 11.1. The summed E-state index contributed by atoms with van der Waals surface area (Å²) in [4.78, 5) is -1.55. The van der Waals surface area contributed by atoms with Gasteiger partial charge in [0.25, 0.3) is 0 Å². The standard InChI is InChI=1S/C14H25N2PTe/c1-13(2,3)15-17(18,16-14(4,5)6)12-10-8-7-9-11-12/h7-11H,1-6H3,(H2,15,16,18). The van der Waals surface area contributed by atoms with Gasteiger partial charge < -0.3 is 0 Å². The van der Waals surface area contributed by atoms with Gasteiger partial charge >= 0.3 is 124 Å². The molecule has 0 aromatic heterocycles. The van der Waals surface area contributed by atoms with Crippen molar-refractivity contribution in [1.82, 2.24) is 10.2 Å². The SMILES string of the molecule is CC(C)(C)NP(=[Te])(NC(C)(C)C)c1ccccc1. The molecular formula is C14H25N2PTe. The maximum absolute atomic E-state index is 3.81. The van der Waals surface area contributed by atoms with E-state index in [-0.39, 0.29) is 11.1 Å². The summed E-state index contributed by atoms with van der Waals surface area (Å²) >= 11 is 2.23. The molecule has 0 bridgehead atoms. The van der Waals surface area contributed by atoms with E-state index in [1.54, 1.807) is 0 Å². The van der Waals surface area contributed by atoms with Gasteiger partial charge in [0.2, 0.25) is 0 Å². The summed E-state index contributed by atoms with van der Waals surface area (Å²) in [5.74, 6) is 0. The minimum absolute atomic E-state index is 0.0964. The predicted molar refractivity (Wildman–Crippen MR) is 84.5 cm³/mol. The topological polar surface area (TPSA) is 24.1 Å². The van der Waals surface area contributed by atoms with Crippen LogP contribution in [0.2, 0.25) is 0 Å². The molecular weight excluding hydrogens is 355 g/mol. The Morgan fingerprint density at radius 1 is 0.833 bits per heavy atom. The van der Waals surface area contributed by atoms with E-state index in [1.807, 2.05) is 0 Å². The molecule has 18 heavy (non-hydrogen) atoms. The van der Waals surface area contributed by atoms with E-state index >= 15 is 0 Å². The van der Waals surface area contributed by atoms with Crippen molar-refractivity contribution in [2.24, 2.45) is 0 Å². The summed E-state index contributed by atoms with van der Waals surface area (Å²) in [6.07, 6.45) is 0. The fraction of sp³-hybridized carbons (Fsp3) is 0.571. The summed E-state index contributed by atoms with van der Waals surface area (Å²) in [6, 6.07) is 10.7. The quantitative estimate of drug-likeness (QED) is 0.623. The van der Waals surface area contributed by atoms with Crippen LogP contribution in [0.4, 0.5) is 0 Å². The summed E-state index contributed by atoms with van der Waals surface area (Å²) in [5, 5.41) is 8.99. The van der Waals surface area contributed by atoms with Gasteiger partial charge in [0.05, 0.1) is 0 Å². The van der Waals surface area contributed by atoms with Crippen molar-refractivity contribution in [2.75, 3.05) is 0 Å². The first-order valence-electron chi connectivity index (χ1n) is 6.26. The first kappa shape index (κ1) is 16.4. The second kappa shape index (κ2) is 5.78. The van der Waals surface area contributed by atoms with Crippen molar-refractivity contribution in [3.8, 4) is 0 Å². The third-order valence-corrected chi connectivity index (χ3v) is 8.47. The molecule has 0 saturated heterocycles. The van der Waals surface area contributed by atoms with Crippen LogP contribution in [0.3, 0.4) is 0 Å². The first-order chi connectivity index (χ1) is 8.02. The average Bonchev–Trinajstić information content (AvgIpc) is 2.13. The second-order valence-corrected chi connectivity index (χ2v) is 13.5. The Balaban J connectivity index is 3.14. The van der Waals surface area contributed by atoms with Gasteiger partial charge in [-0.25, -0.2) is 0 Å². The molecule has 0 aliphatic heterocycles. The van der Waals surface area contributed by atoms with Crippen molar-refractivity contribution in [1.29, 1.82) is 0 Å². The predicted octanol–water partition coefficient (Wildman–Crippen LogP) is 3.02. The third-order valence-electron chi connectivity index (χ3n) is 2.11. The van der Waals surface area contributed by atoms with E-state index in [1.165, 1.54) is 5.30 Å². The molecule has 0 atom stereocenters. The molecule has 0 unspecified atom stereocenters. The van der Waals surface area contributed by atoms with Gasteiger partial charge in [0.1, 0.15) is 0 Å². The zero-order valence-corrected chi connectivity index (χ0v) is 15.5. The average molecular weight is 380 g/mol. The maximum atomic E-state index is 3.81. The summed E-state index contributed by atoms with van der Waals surface area (Å²) < 4.78 is 0. The van der Waals surface area contributed by atoms with Crippen LogP contribution in [0.1, 0.15) is 41.5 Å². The van der Waals surface area contributed by atoms with Gasteiger partial charge in [-0.05, 0) is 0 Å². The van der Waals surface area contributed by atoms with Crippen molar-refractivity contribution >= 4 is 31.3 Å².